The quantitative estimate of drug-likeness (QED) is 0.450. The number of halogens is 3. The molecule has 0 saturated heterocycles. The van der Waals surface area contributed by atoms with Gasteiger partial charge in [0, 0.05) is 0 Å². The van der Waals surface area contributed by atoms with Gasteiger partial charge in [-0.25, -0.2) is 13.2 Å². The zero-order valence-corrected chi connectivity index (χ0v) is 17.9. The summed E-state index contributed by atoms with van der Waals surface area (Å²) in [5.74, 6) is -0.708. The molecule has 0 spiro atoms. The summed E-state index contributed by atoms with van der Waals surface area (Å²) < 4.78 is 50.3. The second-order valence-electron chi connectivity index (χ2n) is 9.07. The van der Waals surface area contributed by atoms with Gasteiger partial charge < -0.3 is 4.74 Å². The van der Waals surface area contributed by atoms with Gasteiger partial charge in [-0.2, -0.15) is 0 Å². The van der Waals surface area contributed by atoms with E-state index in [1.165, 1.54) is 31.7 Å². The van der Waals surface area contributed by atoms with Crippen molar-refractivity contribution in [2.75, 3.05) is 6.61 Å². The fraction of sp³-hybridized carbons (Fsp3) is 0.538. The van der Waals surface area contributed by atoms with E-state index < -0.39 is 17.5 Å². The number of allylic oxidation sites excluding steroid dienone is 1. The summed E-state index contributed by atoms with van der Waals surface area (Å²) in [7, 11) is 0. The Hall–Kier alpha value is -1.97. The Morgan fingerprint density at radius 2 is 1.73 bits per heavy atom. The van der Waals surface area contributed by atoms with Crippen molar-refractivity contribution in [3.63, 3.8) is 0 Å². The lowest BCUT2D eigenvalue weighted by Gasteiger charge is -2.42. The Bertz CT molecular complexity index is 936. The van der Waals surface area contributed by atoms with Crippen molar-refractivity contribution < 1.29 is 17.9 Å². The topological polar surface area (TPSA) is 9.23 Å². The molecule has 0 N–H and O–H groups in total. The first-order valence-electron chi connectivity index (χ1n) is 11.4. The number of ether oxygens (including phenoxy) is 1. The Kier molecular flexibility index (Phi) is 6.40. The molecule has 30 heavy (non-hydrogen) atoms. The minimum Gasteiger partial charge on any atom is -0.486 e. The summed E-state index contributed by atoms with van der Waals surface area (Å²) >= 11 is 0. The first-order valence-corrected chi connectivity index (χ1v) is 11.4. The van der Waals surface area contributed by atoms with E-state index in [2.05, 4.69) is 6.92 Å². The molecule has 0 radical (unpaired) electrons. The normalized spacial score (nSPS) is 26.8. The maximum atomic E-state index is 15.1. The highest BCUT2D eigenvalue weighted by Gasteiger charge is 2.37. The highest BCUT2D eigenvalue weighted by Crippen LogP contribution is 2.49. The van der Waals surface area contributed by atoms with Crippen LogP contribution in [-0.4, -0.2) is 6.61 Å². The molecule has 2 unspecified atom stereocenters. The minimum absolute atomic E-state index is 0.0111. The van der Waals surface area contributed by atoms with E-state index in [1.54, 1.807) is 24.3 Å². The van der Waals surface area contributed by atoms with Gasteiger partial charge in [0.1, 0.15) is 6.61 Å². The molecule has 0 aromatic heterocycles. The Balaban J connectivity index is 1.61. The van der Waals surface area contributed by atoms with Crippen molar-refractivity contribution >= 4 is 10.8 Å². The third-order valence-electron chi connectivity index (χ3n) is 7.42. The lowest BCUT2D eigenvalue weighted by molar-refractivity contribution is 0.115. The van der Waals surface area contributed by atoms with E-state index in [9.17, 15) is 8.78 Å². The van der Waals surface area contributed by atoms with Gasteiger partial charge in [0.15, 0.2) is 23.2 Å². The smallest absolute Gasteiger partial charge is 0.175 e. The fourth-order valence-electron chi connectivity index (χ4n) is 5.66. The maximum absolute atomic E-state index is 15.1. The largest absolute Gasteiger partial charge is 0.486 e. The highest BCUT2D eigenvalue weighted by atomic mass is 19.2. The van der Waals surface area contributed by atoms with E-state index >= 15 is 4.39 Å². The minimum atomic E-state index is -1.09. The van der Waals surface area contributed by atoms with Crippen LogP contribution in [0.3, 0.4) is 0 Å². The average molecular weight is 417 g/mol. The van der Waals surface area contributed by atoms with Crippen LogP contribution in [0.1, 0.15) is 70.3 Å². The van der Waals surface area contributed by atoms with Gasteiger partial charge in [0.05, 0.1) is 5.39 Å². The van der Waals surface area contributed by atoms with Crippen LogP contribution < -0.4 is 4.74 Å². The lowest BCUT2D eigenvalue weighted by atomic mass is 9.63. The Morgan fingerprint density at radius 1 is 0.967 bits per heavy atom. The van der Waals surface area contributed by atoms with Crippen LogP contribution in [0.2, 0.25) is 0 Å². The molecule has 4 atom stereocenters. The first kappa shape index (κ1) is 21.3. The summed E-state index contributed by atoms with van der Waals surface area (Å²) in [6.07, 6.45) is 11.4. The van der Waals surface area contributed by atoms with Crippen LogP contribution in [0.15, 0.2) is 30.4 Å². The molecule has 2 aromatic carbocycles. The average Bonchev–Trinajstić information content (AvgIpc) is 2.77. The molecule has 2 aliphatic carbocycles. The number of hydrogen-bond donors (Lipinski definition) is 0. The van der Waals surface area contributed by atoms with Crippen molar-refractivity contribution in [3.8, 4) is 5.75 Å². The Labute approximate surface area is 177 Å². The third-order valence-corrected chi connectivity index (χ3v) is 7.42. The SMILES string of the molecule is C/C=C/COc1ccc2cc([C@@H]3CC[C@@H]4CC(CC)CCC4C3)c(F)c(F)c2c1F. The van der Waals surface area contributed by atoms with Crippen molar-refractivity contribution in [2.45, 2.75) is 64.7 Å². The van der Waals surface area contributed by atoms with Crippen LogP contribution in [0.25, 0.3) is 10.8 Å². The predicted octanol–water partition coefficient (Wildman–Crippen LogP) is 7.92. The molecule has 2 aromatic rings. The van der Waals surface area contributed by atoms with Gasteiger partial charge in [0.2, 0.25) is 0 Å². The van der Waals surface area contributed by atoms with Crippen LogP contribution in [0.5, 0.6) is 5.75 Å². The van der Waals surface area contributed by atoms with Crippen LogP contribution >= 0.6 is 0 Å². The van der Waals surface area contributed by atoms with Gasteiger partial charge in [-0.05, 0) is 85.8 Å². The van der Waals surface area contributed by atoms with Crippen molar-refractivity contribution in [2.24, 2.45) is 17.8 Å². The number of rotatable bonds is 5. The molecule has 0 aliphatic heterocycles. The Morgan fingerprint density at radius 3 is 2.50 bits per heavy atom. The van der Waals surface area contributed by atoms with Gasteiger partial charge in [-0.3, -0.25) is 0 Å². The second-order valence-corrected chi connectivity index (χ2v) is 9.07. The first-order chi connectivity index (χ1) is 14.5. The van der Waals surface area contributed by atoms with E-state index in [4.69, 9.17) is 4.74 Å². The van der Waals surface area contributed by atoms with E-state index in [-0.39, 0.29) is 23.7 Å². The van der Waals surface area contributed by atoms with E-state index in [1.807, 2.05) is 6.92 Å². The summed E-state index contributed by atoms with van der Waals surface area (Å²) in [6.45, 7) is 4.28. The molecular formula is C26H31F3O. The summed E-state index contributed by atoms with van der Waals surface area (Å²) in [5, 5.41) is 0.0861. The molecule has 4 rings (SSSR count). The molecule has 4 heteroatoms. The summed E-state index contributed by atoms with van der Waals surface area (Å²) in [4.78, 5) is 0. The van der Waals surface area contributed by atoms with E-state index in [0.29, 0.717) is 16.9 Å². The number of benzene rings is 2. The molecule has 2 aliphatic rings. The second kappa shape index (κ2) is 9.03. The summed E-state index contributed by atoms with van der Waals surface area (Å²) in [5.41, 5.74) is 0.415. The van der Waals surface area contributed by atoms with Crippen LogP contribution in [0, 0.1) is 35.2 Å². The molecular weight excluding hydrogens is 385 g/mol. The fourth-order valence-corrected chi connectivity index (χ4v) is 5.66. The van der Waals surface area contributed by atoms with Crippen LogP contribution in [0.4, 0.5) is 13.2 Å². The molecule has 0 bridgehead atoms. The van der Waals surface area contributed by atoms with Crippen molar-refractivity contribution in [3.05, 3.63) is 53.4 Å². The predicted molar refractivity (Wildman–Crippen MR) is 115 cm³/mol. The molecule has 2 fully saturated rings. The molecule has 162 valence electrons. The number of fused-ring (bicyclic) bond motifs is 2. The van der Waals surface area contributed by atoms with Gasteiger partial charge in [0.25, 0.3) is 0 Å². The highest BCUT2D eigenvalue weighted by molar-refractivity contribution is 5.86. The molecule has 2 saturated carbocycles. The van der Waals surface area contributed by atoms with Gasteiger partial charge in [-0.1, -0.05) is 38.0 Å². The molecule has 1 nitrogen and oxygen atoms in total. The monoisotopic (exact) mass is 416 g/mol. The number of hydrogen-bond acceptors (Lipinski definition) is 1. The molecule has 0 amide bonds. The third kappa shape index (κ3) is 3.98. The lowest BCUT2D eigenvalue weighted by Crippen LogP contribution is -2.30. The maximum Gasteiger partial charge on any atom is 0.175 e. The summed E-state index contributed by atoms with van der Waals surface area (Å²) in [6, 6.07) is 4.80. The van der Waals surface area contributed by atoms with E-state index in [0.717, 1.165) is 31.1 Å². The zero-order valence-electron chi connectivity index (χ0n) is 17.9. The van der Waals surface area contributed by atoms with Crippen molar-refractivity contribution in [1.82, 2.24) is 0 Å². The van der Waals surface area contributed by atoms with Gasteiger partial charge in [-0.15, -0.1) is 0 Å². The van der Waals surface area contributed by atoms with Gasteiger partial charge >= 0.3 is 0 Å². The zero-order chi connectivity index (χ0) is 21.3. The molecule has 0 heterocycles. The standard InChI is InChI=1S/C26H31F3O/c1-3-5-12-30-22-11-10-20-15-21(24(27)26(29)23(20)25(22)28)19-9-8-17-13-16(4-2)6-7-18(17)14-19/h3,5,10-11,15-19H,4,6-9,12-14H2,1-2H3/b5-3+/t16?,17-,18?,19-/m1/s1. The van der Waals surface area contributed by atoms with Crippen molar-refractivity contribution in [1.29, 1.82) is 0 Å². The van der Waals surface area contributed by atoms with Crippen LogP contribution in [-0.2, 0) is 0 Å².